The number of carbonyl (C=O) groups excluding carboxylic acids is 1. The molecule has 0 radical (unpaired) electrons. The van der Waals surface area contributed by atoms with Crippen LogP contribution in [0.25, 0.3) is 0 Å². The molecular weight excluding hydrogens is 364 g/mol. The Morgan fingerprint density at radius 3 is 2.56 bits per heavy atom. The third-order valence-corrected chi connectivity index (χ3v) is 5.89. The fourth-order valence-electron chi connectivity index (χ4n) is 3.08. The minimum Gasteiger partial charge on any atom is -0.353 e. The number of hydrogen-bond acceptors (Lipinski definition) is 5. The van der Waals surface area contributed by atoms with Crippen LogP contribution in [0.3, 0.4) is 0 Å². The number of nitrogens with zero attached hydrogens (tertiary/aromatic N) is 3. The Bertz CT molecular complexity index is 879. The van der Waals surface area contributed by atoms with Crippen molar-refractivity contribution in [2.24, 2.45) is 0 Å². The predicted molar refractivity (Wildman–Crippen MR) is 106 cm³/mol. The highest BCUT2D eigenvalue weighted by Crippen LogP contribution is 2.17. The Kier molecular flexibility index (Phi) is 5.95. The lowest BCUT2D eigenvalue weighted by Crippen LogP contribution is -2.49. The van der Waals surface area contributed by atoms with Crippen molar-refractivity contribution in [3.63, 3.8) is 0 Å². The normalized spacial score (nSPS) is 14.9. The molecular formula is C19H24N4O3S. The van der Waals surface area contributed by atoms with Gasteiger partial charge < -0.3 is 9.80 Å². The van der Waals surface area contributed by atoms with Crippen molar-refractivity contribution in [3.05, 3.63) is 54.2 Å². The molecule has 0 atom stereocenters. The van der Waals surface area contributed by atoms with Gasteiger partial charge in [0.1, 0.15) is 5.82 Å². The van der Waals surface area contributed by atoms with Gasteiger partial charge >= 0.3 is 0 Å². The number of hydrogen-bond donors (Lipinski definition) is 1. The van der Waals surface area contributed by atoms with Gasteiger partial charge in [0.05, 0.1) is 5.75 Å². The smallest absolute Gasteiger partial charge is 0.254 e. The molecule has 0 bridgehead atoms. The van der Waals surface area contributed by atoms with E-state index in [1.54, 1.807) is 35.4 Å². The van der Waals surface area contributed by atoms with Gasteiger partial charge in [-0.2, -0.15) is 0 Å². The van der Waals surface area contributed by atoms with Gasteiger partial charge in [0.2, 0.25) is 10.0 Å². The van der Waals surface area contributed by atoms with Crippen molar-refractivity contribution in [2.75, 3.05) is 41.6 Å². The van der Waals surface area contributed by atoms with Crippen molar-refractivity contribution in [2.45, 2.75) is 13.3 Å². The van der Waals surface area contributed by atoms with Gasteiger partial charge in [-0.25, -0.2) is 13.4 Å². The topological polar surface area (TPSA) is 82.6 Å². The SMILES string of the molecule is CCCS(=O)(=O)Nc1cccc(C(=O)N2CCN(c3ccccn3)CC2)c1. The lowest BCUT2D eigenvalue weighted by Gasteiger charge is -2.35. The average Bonchev–Trinajstić information content (AvgIpc) is 2.68. The Balaban J connectivity index is 1.64. The largest absolute Gasteiger partial charge is 0.353 e. The number of sulfonamides is 1. The van der Waals surface area contributed by atoms with Gasteiger partial charge in [0, 0.05) is 43.6 Å². The molecule has 1 aliphatic heterocycles. The maximum absolute atomic E-state index is 12.8. The lowest BCUT2D eigenvalue weighted by atomic mass is 10.1. The summed E-state index contributed by atoms with van der Waals surface area (Å²) in [6, 6.07) is 12.5. The van der Waals surface area contributed by atoms with Crippen LogP contribution in [0.2, 0.25) is 0 Å². The molecule has 2 heterocycles. The van der Waals surface area contributed by atoms with E-state index >= 15 is 0 Å². The van der Waals surface area contributed by atoms with E-state index in [1.165, 1.54) is 0 Å². The third-order valence-electron chi connectivity index (χ3n) is 4.40. The average molecular weight is 388 g/mol. The molecule has 144 valence electrons. The summed E-state index contributed by atoms with van der Waals surface area (Å²) in [4.78, 5) is 21.1. The van der Waals surface area contributed by atoms with Crippen LogP contribution in [0.1, 0.15) is 23.7 Å². The summed E-state index contributed by atoms with van der Waals surface area (Å²) in [6.45, 7) is 4.43. The maximum atomic E-state index is 12.8. The molecule has 0 unspecified atom stereocenters. The van der Waals surface area contributed by atoms with Crippen LogP contribution in [0.15, 0.2) is 48.7 Å². The number of benzene rings is 1. The molecule has 1 aliphatic rings. The highest BCUT2D eigenvalue weighted by atomic mass is 32.2. The number of amides is 1. The number of carbonyl (C=O) groups is 1. The lowest BCUT2D eigenvalue weighted by molar-refractivity contribution is 0.0746. The molecule has 1 aromatic carbocycles. The van der Waals surface area contributed by atoms with E-state index in [0.29, 0.717) is 43.9 Å². The Hall–Kier alpha value is -2.61. The summed E-state index contributed by atoms with van der Waals surface area (Å²) in [6.07, 6.45) is 2.30. The standard InChI is InChI=1S/C19H24N4O3S/c1-2-14-27(25,26)21-17-7-5-6-16(15-17)19(24)23-12-10-22(11-13-23)18-8-3-4-9-20-18/h3-9,15,21H,2,10-14H2,1H3. The Labute approximate surface area is 160 Å². The number of anilines is 2. The highest BCUT2D eigenvalue weighted by molar-refractivity contribution is 7.92. The van der Waals surface area contributed by atoms with Gasteiger partial charge in [0.25, 0.3) is 5.91 Å². The molecule has 1 saturated heterocycles. The first kappa shape index (κ1) is 19.2. The molecule has 8 heteroatoms. The van der Waals surface area contributed by atoms with Crippen LogP contribution < -0.4 is 9.62 Å². The number of nitrogens with one attached hydrogen (secondary N) is 1. The van der Waals surface area contributed by atoms with Crippen molar-refractivity contribution in [1.82, 2.24) is 9.88 Å². The zero-order valence-electron chi connectivity index (χ0n) is 15.3. The molecule has 0 saturated carbocycles. The van der Waals surface area contributed by atoms with Crippen LogP contribution >= 0.6 is 0 Å². The van der Waals surface area contributed by atoms with Crippen molar-refractivity contribution < 1.29 is 13.2 Å². The first-order valence-electron chi connectivity index (χ1n) is 9.04. The summed E-state index contributed by atoms with van der Waals surface area (Å²) < 4.78 is 26.4. The molecule has 2 aromatic rings. The molecule has 3 rings (SSSR count). The van der Waals surface area contributed by atoms with Crippen molar-refractivity contribution in [1.29, 1.82) is 0 Å². The predicted octanol–water partition coefficient (Wildman–Crippen LogP) is 2.20. The number of aromatic nitrogens is 1. The van der Waals surface area contributed by atoms with E-state index in [4.69, 9.17) is 0 Å². The van der Waals surface area contributed by atoms with Crippen molar-refractivity contribution in [3.8, 4) is 0 Å². The second kappa shape index (κ2) is 8.39. The highest BCUT2D eigenvalue weighted by Gasteiger charge is 2.23. The summed E-state index contributed by atoms with van der Waals surface area (Å²) in [5.74, 6) is 0.879. The number of rotatable bonds is 6. The fraction of sp³-hybridized carbons (Fsp3) is 0.368. The summed E-state index contributed by atoms with van der Waals surface area (Å²) in [5.41, 5.74) is 0.902. The van der Waals surface area contributed by atoms with E-state index in [-0.39, 0.29) is 11.7 Å². The summed E-state index contributed by atoms with van der Waals surface area (Å²) in [5, 5.41) is 0. The molecule has 0 spiro atoms. The minimum atomic E-state index is -3.38. The number of pyridine rings is 1. The minimum absolute atomic E-state index is 0.0562. The van der Waals surface area contributed by atoms with Gasteiger partial charge in [-0.05, 0) is 36.8 Å². The van der Waals surface area contributed by atoms with Crippen LogP contribution in [0.5, 0.6) is 0 Å². The quantitative estimate of drug-likeness (QED) is 0.820. The van der Waals surface area contributed by atoms with E-state index in [1.807, 2.05) is 25.1 Å². The summed E-state index contributed by atoms with van der Waals surface area (Å²) in [7, 11) is -3.38. The van der Waals surface area contributed by atoms with Gasteiger partial charge in [-0.1, -0.05) is 19.1 Å². The van der Waals surface area contributed by atoms with E-state index < -0.39 is 10.0 Å². The van der Waals surface area contributed by atoms with E-state index in [0.717, 1.165) is 5.82 Å². The summed E-state index contributed by atoms with van der Waals surface area (Å²) >= 11 is 0. The molecule has 1 N–H and O–H groups in total. The number of piperazine rings is 1. The first-order valence-corrected chi connectivity index (χ1v) is 10.7. The molecule has 1 amide bonds. The van der Waals surface area contributed by atoms with E-state index in [9.17, 15) is 13.2 Å². The third kappa shape index (κ3) is 4.97. The Morgan fingerprint density at radius 2 is 1.89 bits per heavy atom. The van der Waals surface area contributed by atoms with Gasteiger partial charge in [-0.15, -0.1) is 0 Å². The van der Waals surface area contributed by atoms with Crippen LogP contribution in [-0.4, -0.2) is 56.1 Å². The van der Waals surface area contributed by atoms with Crippen LogP contribution in [0.4, 0.5) is 11.5 Å². The van der Waals surface area contributed by atoms with Gasteiger partial charge in [-0.3, -0.25) is 9.52 Å². The molecule has 0 aliphatic carbocycles. The molecule has 1 aromatic heterocycles. The second-order valence-electron chi connectivity index (χ2n) is 6.47. The molecule has 1 fully saturated rings. The van der Waals surface area contributed by atoms with Gasteiger partial charge in [0.15, 0.2) is 0 Å². The Morgan fingerprint density at radius 1 is 1.11 bits per heavy atom. The zero-order valence-corrected chi connectivity index (χ0v) is 16.2. The molecule has 7 nitrogen and oxygen atoms in total. The fourth-order valence-corrected chi connectivity index (χ4v) is 4.20. The van der Waals surface area contributed by atoms with Crippen LogP contribution in [-0.2, 0) is 10.0 Å². The van der Waals surface area contributed by atoms with Crippen molar-refractivity contribution >= 4 is 27.4 Å². The zero-order chi connectivity index (χ0) is 19.3. The van der Waals surface area contributed by atoms with Crippen LogP contribution in [0, 0.1) is 0 Å². The first-order chi connectivity index (χ1) is 13.0. The molecule has 27 heavy (non-hydrogen) atoms. The second-order valence-corrected chi connectivity index (χ2v) is 8.31. The van der Waals surface area contributed by atoms with E-state index in [2.05, 4.69) is 14.6 Å². The monoisotopic (exact) mass is 388 g/mol. The maximum Gasteiger partial charge on any atom is 0.254 e.